The summed E-state index contributed by atoms with van der Waals surface area (Å²) in [6.07, 6.45) is 1.38. The first-order valence-electron chi connectivity index (χ1n) is 9.20. The lowest BCUT2D eigenvalue weighted by Gasteiger charge is -2.37. The van der Waals surface area contributed by atoms with Gasteiger partial charge in [0, 0.05) is 18.1 Å². The van der Waals surface area contributed by atoms with Crippen LogP contribution in [-0.2, 0) is 11.8 Å². The molecule has 0 radical (unpaired) electrons. The maximum absolute atomic E-state index is 12.8. The van der Waals surface area contributed by atoms with E-state index in [4.69, 9.17) is 0 Å². The van der Waals surface area contributed by atoms with E-state index in [1.165, 1.54) is 11.3 Å². The van der Waals surface area contributed by atoms with Crippen molar-refractivity contribution in [3.8, 4) is 10.4 Å². The average molecular weight is 420 g/mol. The highest BCUT2D eigenvalue weighted by molar-refractivity contribution is 7.15. The van der Waals surface area contributed by atoms with Crippen LogP contribution < -0.4 is 5.32 Å². The van der Waals surface area contributed by atoms with Gasteiger partial charge in [-0.25, -0.2) is 15.0 Å². The molecule has 0 saturated heterocycles. The fourth-order valence-corrected chi connectivity index (χ4v) is 4.28. The Morgan fingerprint density at radius 1 is 1.17 bits per heavy atom. The zero-order valence-electron chi connectivity index (χ0n) is 15.6. The summed E-state index contributed by atoms with van der Waals surface area (Å²) in [6.45, 7) is 1.81. The number of nitrogens with zero attached hydrogens (tertiary/aromatic N) is 3. The normalized spacial score (nSPS) is 16.9. The highest BCUT2D eigenvalue weighted by atomic mass is 32.1. The summed E-state index contributed by atoms with van der Waals surface area (Å²) in [5.41, 5.74) is -0.544. The maximum Gasteiger partial charge on any atom is 0.433 e. The Kier molecular flexibility index (Phi) is 5.04. The molecule has 0 aliphatic heterocycles. The molecule has 0 amide bonds. The Balaban J connectivity index is 1.56. The van der Waals surface area contributed by atoms with Crippen molar-refractivity contribution < 1.29 is 18.3 Å². The third-order valence-corrected chi connectivity index (χ3v) is 6.46. The fourth-order valence-electron chi connectivity index (χ4n) is 3.24. The molecule has 1 saturated carbocycles. The van der Waals surface area contributed by atoms with Crippen LogP contribution in [0.4, 0.5) is 24.8 Å². The number of aromatic nitrogens is 3. The van der Waals surface area contributed by atoms with Gasteiger partial charge in [0.05, 0.1) is 4.88 Å². The smallest absolute Gasteiger partial charge is 0.383 e. The summed E-state index contributed by atoms with van der Waals surface area (Å²) in [7, 11) is 0. The van der Waals surface area contributed by atoms with Gasteiger partial charge in [0.25, 0.3) is 0 Å². The summed E-state index contributed by atoms with van der Waals surface area (Å²) >= 11 is 1.42. The number of rotatable bonds is 5. The summed E-state index contributed by atoms with van der Waals surface area (Å²) in [5, 5.41) is 14.3. The molecule has 2 aromatic heterocycles. The molecule has 1 aliphatic rings. The van der Waals surface area contributed by atoms with Crippen molar-refractivity contribution in [3.05, 3.63) is 53.4 Å². The molecule has 9 heteroatoms. The van der Waals surface area contributed by atoms with E-state index >= 15 is 0 Å². The van der Waals surface area contributed by atoms with Gasteiger partial charge in [-0.3, -0.25) is 0 Å². The van der Waals surface area contributed by atoms with Crippen molar-refractivity contribution in [1.29, 1.82) is 0 Å². The highest BCUT2D eigenvalue weighted by Crippen LogP contribution is 2.44. The van der Waals surface area contributed by atoms with Crippen molar-refractivity contribution in [2.75, 3.05) is 5.32 Å². The molecule has 0 spiro atoms. The van der Waals surface area contributed by atoms with E-state index in [1.54, 1.807) is 24.4 Å². The van der Waals surface area contributed by atoms with Crippen molar-refractivity contribution in [1.82, 2.24) is 15.0 Å². The van der Waals surface area contributed by atoms with Crippen molar-refractivity contribution >= 4 is 23.0 Å². The van der Waals surface area contributed by atoms with E-state index < -0.39 is 17.5 Å². The lowest BCUT2D eigenvalue weighted by atomic mass is 9.74. The fraction of sp³-hybridized carbons (Fsp3) is 0.350. The van der Waals surface area contributed by atoms with Crippen LogP contribution in [0.3, 0.4) is 0 Å². The summed E-state index contributed by atoms with van der Waals surface area (Å²) in [5.74, 6) is 0.0995. The number of benzene rings is 1. The molecular weight excluding hydrogens is 401 g/mol. The van der Waals surface area contributed by atoms with E-state index in [-0.39, 0.29) is 11.9 Å². The molecule has 0 bridgehead atoms. The van der Waals surface area contributed by atoms with E-state index in [0.717, 1.165) is 42.0 Å². The predicted octanol–water partition coefficient (Wildman–Crippen LogP) is 5.37. The highest BCUT2D eigenvalue weighted by Gasteiger charge is 2.39. The number of thiazole rings is 1. The van der Waals surface area contributed by atoms with Crippen LogP contribution in [0.25, 0.3) is 10.4 Å². The lowest BCUT2D eigenvalue weighted by molar-refractivity contribution is -0.141. The van der Waals surface area contributed by atoms with Gasteiger partial charge in [0.15, 0.2) is 0 Å². The van der Waals surface area contributed by atoms with Gasteiger partial charge in [-0.2, -0.15) is 13.2 Å². The summed E-state index contributed by atoms with van der Waals surface area (Å²) in [4.78, 5) is 12.7. The molecule has 1 aromatic carbocycles. The van der Waals surface area contributed by atoms with Gasteiger partial charge in [0.2, 0.25) is 5.95 Å². The third kappa shape index (κ3) is 4.11. The topological polar surface area (TPSA) is 70.9 Å². The van der Waals surface area contributed by atoms with Crippen molar-refractivity contribution in [3.63, 3.8) is 0 Å². The van der Waals surface area contributed by atoms with Crippen LogP contribution >= 0.6 is 11.3 Å². The minimum atomic E-state index is -4.53. The van der Waals surface area contributed by atoms with Crippen molar-refractivity contribution in [2.45, 2.75) is 38.0 Å². The van der Waals surface area contributed by atoms with E-state index in [2.05, 4.69) is 20.3 Å². The van der Waals surface area contributed by atoms with Crippen LogP contribution in [0.1, 0.15) is 36.9 Å². The van der Waals surface area contributed by atoms with Gasteiger partial charge >= 0.3 is 6.18 Å². The Morgan fingerprint density at radius 2 is 1.97 bits per heavy atom. The molecule has 1 atom stereocenters. The van der Waals surface area contributed by atoms with Crippen LogP contribution in [0.2, 0.25) is 0 Å². The average Bonchev–Trinajstić information content (AvgIpc) is 3.11. The Labute approximate surface area is 169 Å². The van der Waals surface area contributed by atoms with E-state index in [9.17, 15) is 18.3 Å². The molecule has 2 heterocycles. The Bertz CT molecular complexity index is 1010. The van der Waals surface area contributed by atoms with Gasteiger partial charge < -0.3 is 10.4 Å². The lowest BCUT2D eigenvalue weighted by Crippen LogP contribution is -2.36. The molecule has 3 aromatic rings. The predicted molar refractivity (Wildman–Crippen MR) is 105 cm³/mol. The number of aliphatic hydroxyl groups is 1. The first kappa shape index (κ1) is 19.8. The van der Waals surface area contributed by atoms with Crippen LogP contribution in [0.5, 0.6) is 0 Å². The second-order valence-corrected chi connectivity index (χ2v) is 8.30. The summed E-state index contributed by atoms with van der Waals surface area (Å²) in [6, 6.07) is 8.01. The number of anilines is 2. The zero-order valence-corrected chi connectivity index (χ0v) is 16.4. The largest absolute Gasteiger partial charge is 0.433 e. The SMILES string of the molecule is CC(O)(c1ncc(-c2cccc(Nc3nccc(C(F)(F)F)n3)c2)s1)C1CCC1. The van der Waals surface area contributed by atoms with Crippen molar-refractivity contribution in [2.24, 2.45) is 5.92 Å². The minimum absolute atomic E-state index is 0.130. The molecule has 152 valence electrons. The molecule has 29 heavy (non-hydrogen) atoms. The van der Waals surface area contributed by atoms with Gasteiger partial charge in [0.1, 0.15) is 16.3 Å². The number of alkyl halides is 3. The Morgan fingerprint density at radius 3 is 2.66 bits per heavy atom. The molecule has 5 nitrogen and oxygen atoms in total. The second-order valence-electron chi connectivity index (χ2n) is 7.27. The number of hydrogen-bond acceptors (Lipinski definition) is 6. The van der Waals surface area contributed by atoms with Crippen LogP contribution in [0.15, 0.2) is 42.7 Å². The van der Waals surface area contributed by atoms with Gasteiger partial charge in [-0.15, -0.1) is 11.3 Å². The molecule has 1 aliphatic carbocycles. The molecule has 1 fully saturated rings. The molecule has 1 unspecified atom stereocenters. The zero-order chi connectivity index (χ0) is 20.6. The monoisotopic (exact) mass is 420 g/mol. The van der Waals surface area contributed by atoms with Gasteiger partial charge in [-0.1, -0.05) is 18.6 Å². The van der Waals surface area contributed by atoms with E-state index in [0.29, 0.717) is 10.7 Å². The van der Waals surface area contributed by atoms with Crippen LogP contribution in [-0.4, -0.2) is 20.1 Å². The quantitative estimate of drug-likeness (QED) is 0.581. The first-order chi connectivity index (χ1) is 13.7. The summed E-state index contributed by atoms with van der Waals surface area (Å²) < 4.78 is 38.5. The molecule has 4 rings (SSSR count). The minimum Gasteiger partial charge on any atom is -0.383 e. The first-order valence-corrected chi connectivity index (χ1v) is 10.0. The van der Waals surface area contributed by atoms with E-state index in [1.807, 2.05) is 13.0 Å². The number of hydrogen-bond donors (Lipinski definition) is 2. The standard InChI is InChI=1S/C20H19F3N4OS/c1-19(28,13-5-3-6-13)17-25-11-15(29-17)12-4-2-7-14(10-12)26-18-24-9-8-16(27-18)20(21,22)23/h2,4,7-11,13,28H,3,5-6H2,1H3,(H,24,26,27). The van der Waals surface area contributed by atoms with Crippen LogP contribution in [0, 0.1) is 5.92 Å². The Hall–Kier alpha value is -2.52. The van der Waals surface area contributed by atoms with Gasteiger partial charge in [-0.05, 0) is 49.4 Å². The number of nitrogens with one attached hydrogen (secondary N) is 1. The second kappa shape index (κ2) is 7.38. The molecular formula is C20H19F3N4OS. The third-order valence-electron chi connectivity index (χ3n) is 5.19. The maximum atomic E-state index is 12.8. The number of halogens is 3. The molecule has 2 N–H and O–H groups in total.